The SMILES string of the molecule is C[C@H](O)c1ccc(OCC2CNC(=O)O2)cc1. The van der Waals surface area contributed by atoms with Gasteiger partial charge in [0.1, 0.15) is 12.4 Å². The van der Waals surface area contributed by atoms with Crippen LogP contribution in [0, 0.1) is 0 Å². The minimum Gasteiger partial charge on any atom is -0.490 e. The van der Waals surface area contributed by atoms with E-state index in [9.17, 15) is 9.90 Å². The summed E-state index contributed by atoms with van der Waals surface area (Å²) in [5.41, 5.74) is 0.839. The molecule has 1 fully saturated rings. The lowest BCUT2D eigenvalue weighted by molar-refractivity contribution is 0.105. The number of carbonyl (C=O) groups excluding carboxylic acids is 1. The molecule has 0 aromatic heterocycles. The van der Waals surface area contributed by atoms with Crippen molar-refractivity contribution in [1.29, 1.82) is 0 Å². The van der Waals surface area contributed by atoms with Crippen LogP contribution in [-0.2, 0) is 4.74 Å². The normalized spacial score (nSPS) is 20.6. The van der Waals surface area contributed by atoms with Crippen LogP contribution in [0.1, 0.15) is 18.6 Å². The smallest absolute Gasteiger partial charge is 0.407 e. The summed E-state index contributed by atoms with van der Waals surface area (Å²) < 4.78 is 10.4. The molecule has 1 amide bonds. The Labute approximate surface area is 99.3 Å². The third-order valence-electron chi connectivity index (χ3n) is 2.55. The zero-order valence-corrected chi connectivity index (χ0v) is 9.55. The molecule has 1 saturated heterocycles. The van der Waals surface area contributed by atoms with Gasteiger partial charge in [0.25, 0.3) is 0 Å². The Bertz CT molecular complexity index is 388. The molecule has 1 aliphatic heterocycles. The van der Waals surface area contributed by atoms with Gasteiger partial charge in [0.2, 0.25) is 0 Å². The Morgan fingerprint density at radius 1 is 1.53 bits per heavy atom. The van der Waals surface area contributed by atoms with Crippen LogP contribution < -0.4 is 10.1 Å². The second kappa shape index (κ2) is 5.05. The zero-order chi connectivity index (χ0) is 12.3. The minimum absolute atomic E-state index is 0.237. The number of aliphatic hydroxyl groups is 1. The molecule has 2 N–H and O–H groups in total. The van der Waals surface area contributed by atoms with E-state index < -0.39 is 12.2 Å². The molecule has 1 heterocycles. The fourth-order valence-electron chi connectivity index (χ4n) is 1.56. The summed E-state index contributed by atoms with van der Waals surface area (Å²) in [4.78, 5) is 10.8. The number of hydrogen-bond acceptors (Lipinski definition) is 4. The standard InChI is InChI=1S/C12H15NO4/c1-8(14)9-2-4-10(5-3-9)16-7-11-6-13-12(15)17-11/h2-5,8,11,14H,6-7H2,1H3,(H,13,15)/t8-,11?/m0/s1. The summed E-state index contributed by atoms with van der Waals surface area (Å²) >= 11 is 0. The lowest BCUT2D eigenvalue weighted by Crippen LogP contribution is -2.21. The molecule has 0 spiro atoms. The Morgan fingerprint density at radius 2 is 2.24 bits per heavy atom. The van der Waals surface area contributed by atoms with E-state index in [1.165, 1.54) is 0 Å². The fourth-order valence-corrected chi connectivity index (χ4v) is 1.56. The van der Waals surface area contributed by atoms with Gasteiger partial charge in [-0.1, -0.05) is 12.1 Å². The lowest BCUT2D eigenvalue weighted by atomic mass is 10.1. The van der Waals surface area contributed by atoms with Crippen molar-refractivity contribution in [2.45, 2.75) is 19.1 Å². The van der Waals surface area contributed by atoms with Gasteiger partial charge in [-0.05, 0) is 24.6 Å². The van der Waals surface area contributed by atoms with E-state index in [0.29, 0.717) is 18.9 Å². The van der Waals surface area contributed by atoms with E-state index in [1.807, 2.05) is 0 Å². The molecule has 5 nitrogen and oxygen atoms in total. The van der Waals surface area contributed by atoms with Crippen LogP contribution in [0.2, 0.25) is 0 Å². The number of aliphatic hydroxyl groups excluding tert-OH is 1. The summed E-state index contributed by atoms with van der Waals surface area (Å²) in [5, 5.41) is 11.9. The van der Waals surface area contributed by atoms with Gasteiger partial charge >= 0.3 is 6.09 Å². The van der Waals surface area contributed by atoms with Gasteiger partial charge < -0.3 is 19.9 Å². The number of alkyl carbamates (subject to hydrolysis) is 1. The number of carbonyl (C=O) groups is 1. The molecule has 92 valence electrons. The highest BCUT2D eigenvalue weighted by Crippen LogP contribution is 2.17. The molecule has 1 aromatic carbocycles. The van der Waals surface area contributed by atoms with Crippen LogP contribution in [-0.4, -0.2) is 30.5 Å². The number of rotatable bonds is 4. The number of benzene rings is 1. The van der Waals surface area contributed by atoms with Crippen molar-refractivity contribution in [3.05, 3.63) is 29.8 Å². The van der Waals surface area contributed by atoms with Gasteiger partial charge in [0.05, 0.1) is 12.6 Å². The van der Waals surface area contributed by atoms with Gasteiger partial charge in [-0.15, -0.1) is 0 Å². The maximum atomic E-state index is 10.8. The van der Waals surface area contributed by atoms with Crippen LogP contribution in [0.15, 0.2) is 24.3 Å². The highest BCUT2D eigenvalue weighted by atomic mass is 16.6. The average Bonchev–Trinajstić information content (AvgIpc) is 2.73. The Kier molecular flexibility index (Phi) is 3.49. The van der Waals surface area contributed by atoms with Gasteiger partial charge in [0.15, 0.2) is 6.10 Å². The molecule has 0 aliphatic carbocycles. The number of ether oxygens (including phenoxy) is 2. The Morgan fingerprint density at radius 3 is 2.76 bits per heavy atom. The first-order chi connectivity index (χ1) is 8.15. The maximum Gasteiger partial charge on any atom is 0.407 e. The van der Waals surface area contributed by atoms with E-state index in [4.69, 9.17) is 9.47 Å². The monoisotopic (exact) mass is 237 g/mol. The first-order valence-electron chi connectivity index (χ1n) is 5.50. The maximum absolute atomic E-state index is 10.8. The molecule has 5 heteroatoms. The van der Waals surface area contributed by atoms with E-state index in [-0.39, 0.29) is 6.10 Å². The van der Waals surface area contributed by atoms with Crippen LogP contribution in [0.25, 0.3) is 0 Å². The van der Waals surface area contributed by atoms with Crippen molar-refractivity contribution in [3.63, 3.8) is 0 Å². The van der Waals surface area contributed by atoms with Gasteiger partial charge in [-0.25, -0.2) is 4.79 Å². The molecular formula is C12H15NO4. The largest absolute Gasteiger partial charge is 0.490 e. The molecule has 0 radical (unpaired) electrons. The van der Waals surface area contributed by atoms with Crippen molar-refractivity contribution in [3.8, 4) is 5.75 Å². The highest BCUT2D eigenvalue weighted by Gasteiger charge is 2.22. The van der Waals surface area contributed by atoms with Crippen molar-refractivity contribution in [2.75, 3.05) is 13.2 Å². The van der Waals surface area contributed by atoms with E-state index >= 15 is 0 Å². The number of amides is 1. The lowest BCUT2D eigenvalue weighted by Gasteiger charge is -2.11. The molecule has 1 aliphatic rings. The summed E-state index contributed by atoms with van der Waals surface area (Å²) in [7, 11) is 0. The average molecular weight is 237 g/mol. The van der Waals surface area contributed by atoms with Crippen LogP contribution in [0.3, 0.4) is 0 Å². The highest BCUT2D eigenvalue weighted by molar-refractivity contribution is 5.69. The molecule has 1 unspecified atom stereocenters. The summed E-state index contributed by atoms with van der Waals surface area (Å²) in [5.74, 6) is 0.692. The predicted octanol–water partition coefficient (Wildman–Crippen LogP) is 1.23. The molecule has 2 rings (SSSR count). The second-order valence-electron chi connectivity index (χ2n) is 3.96. The number of hydrogen-bond donors (Lipinski definition) is 2. The Balaban J connectivity index is 1.85. The molecule has 1 aromatic rings. The topological polar surface area (TPSA) is 67.8 Å². The van der Waals surface area contributed by atoms with Crippen LogP contribution in [0.4, 0.5) is 4.79 Å². The fraction of sp³-hybridized carbons (Fsp3) is 0.417. The second-order valence-corrected chi connectivity index (χ2v) is 3.96. The van der Waals surface area contributed by atoms with Gasteiger partial charge in [0, 0.05) is 0 Å². The van der Waals surface area contributed by atoms with E-state index in [0.717, 1.165) is 5.56 Å². The summed E-state index contributed by atoms with van der Waals surface area (Å²) in [6.07, 6.45) is -1.12. The quantitative estimate of drug-likeness (QED) is 0.826. The third-order valence-corrected chi connectivity index (χ3v) is 2.55. The minimum atomic E-state index is -0.482. The third kappa shape index (κ3) is 3.10. The molecular weight excluding hydrogens is 222 g/mol. The van der Waals surface area contributed by atoms with Crippen LogP contribution >= 0.6 is 0 Å². The number of nitrogens with one attached hydrogen (secondary N) is 1. The Hall–Kier alpha value is -1.75. The first-order valence-corrected chi connectivity index (χ1v) is 5.50. The number of cyclic esters (lactones) is 1. The van der Waals surface area contributed by atoms with Crippen molar-refractivity contribution >= 4 is 6.09 Å². The molecule has 2 atom stereocenters. The summed E-state index contributed by atoms with van der Waals surface area (Å²) in [6.45, 7) is 2.51. The molecule has 0 saturated carbocycles. The molecule has 17 heavy (non-hydrogen) atoms. The van der Waals surface area contributed by atoms with E-state index in [1.54, 1.807) is 31.2 Å². The van der Waals surface area contributed by atoms with Gasteiger partial charge in [-0.3, -0.25) is 0 Å². The first kappa shape index (κ1) is 11.7. The summed E-state index contributed by atoms with van der Waals surface area (Å²) in [6, 6.07) is 7.18. The predicted molar refractivity (Wildman–Crippen MR) is 60.8 cm³/mol. The van der Waals surface area contributed by atoms with Crippen molar-refractivity contribution in [1.82, 2.24) is 5.32 Å². The van der Waals surface area contributed by atoms with E-state index in [2.05, 4.69) is 5.32 Å². The zero-order valence-electron chi connectivity index (χ0n) is 9.55. The van der Waals surface area contributed by atoms with Crippen LogP contribution in [0.5, 0.6) is 5.75 Å². The van der Waals surface area contributed by atoms with Crippen molar-refractivity contribution in [2.24, 2.45) is 0 Å². The van der Waals surface area contributed by atoms with Crippen molar-refractivity contribution < 1.29 is 19.4 Å². The van der Waals surface area contributed by atoms with Gasteiger partial charge in [-0.2, -0.15) is 0 Å². The molecule has 0 bridgehead atoms.